The predicted molar refractivity (Wildman–Crippen MR) is 55.5 cm³/mol. The predicted octanol–water partition coefficient (Wildman–Crippen LogP) is 2.73. The maximum Gasteiger partial charge on any atom is 0.125 e. The Balaban J connectivity index is 2.67. The second kappa shape index (κ2) is 2.92. The van der Waals surface area contributed by atoms with Gasteiger partial charge in [0.25, 0.3) is 0 Å². The first kappa shape index (κ1) is 8.38. The minimum Gasteiger partial charge on any atom is -0.493 e. The molecule has 2 N–H and O–H groups in total. The number of nitrogens with two attached hydrogens (primary N) is 1. The average Bonchev–Trinajstić information content (AvgIpc) is 2.48. The van der Waals surface area contributed by atoms with Crippen LogP contribution in [-0.2, 0) is 6.42 Å². The molecule has 0 radical (unpaired) electrons. The maximum atomic E-state index is 5.81. The lowest BCUT2D eigenvalue weighted by Gasteiger charge is -2.06. The maximum absolute atomic E-state index is 5.81. The van der Waals surface area contributed by atoms with Crippen molar-refractivity contribution in [2.24, 2.45) is 0 Å². The van der Waals surface area contributed by atoms with Gasteiger partial charge in [-0.05, 0) is 37.9 Å². The molecule has 0 bridgehead atoms. The molecule has 1 aliphatic rings. The highest BCUT2D eigenvalue weighted by molar-refractivity contribution is 9.11. The SMILES string of the molecule is Nc1c(Br)cc2c(c1Br)CCO2. The molecule has 0 aliphatic carbocycles. The molecule has 64 valence electrons. The van der Waals surface area contributed by atoms with Crippen LogP contribution in [0.5, 0.6) is 5.75 Å². The standard InChI is InChI=1S/C8H7Br2NO/c9-5-3-6-4(1-2-12-6)7(10)8(5)11/h3H,1-2,11H2. The first-order valence-corrected chi connectivity index (χ1v) is 5.18. The Hall–Kier alpha value is -0.220. The highest BCUT2D eigenvalue weighted by atomic mass is 79.9. The molecule has 2 nitrogen and oxygen atoms in total. The fraction of sp³-hybridized carbons (Fsp3) is 0.250. The van der Waals surface area contributed by atoms with Crippen LogP contribution in [0.2, 0.25) is 0 Å². The summed E-state index contributed by atoms with van der Waals surface area (Å²) in [6, 6.07) is 1.92. The highest BCUT2D eigenvalue weighted by Gasteiger charge is 2.18. The molecule has 0 atom stereocenters. The van der Waals surface area contributed by atoms with E-state index in [1.165, 1.54) is 5.56 Å². The van der Waals surface area contributed by atoms with Crippen molar-refractivity contribution in [2.75, 3.05) is 12.3 Å². The lowest BCUT2D eigenvalue weighted by Crippen LogP contribution is -1.91. The Morgan fingerprint density at radius 3 is 2.92 bits per heavy atom. The minimum absolute atomic E-state index is 0.749. The number of anilines is 1. The third-order valence-electron chi connectivity index (χ3n) is 1.92. The summed E-state index contributed by atoms with van der Waals surface area (Å²) in [7, 11) is 0. The van der Waals surface area contributed by atoms with Crippen molar-refractivity contribution >= 4 is 37.5 Å². The summed E-state index contributed by atoms with van der Waals surface area (Å²) in [5.74, 6) is 0.933. The number of benzene rings is 1. The number of fused-ring (bicyclic) bond motifs is 1. The van der Waals surface area contributed by atoms with E-state index in [1.54, 1.807) is 0 Å². The van der Waals surface area contributed by atoms with Gasteiger partial charge < -0.3 is 10.5 Å². The molecular formula is C8H7Br2NO. The summed E-state index contributed by atoms with van der Waals surface area (Å²) in [6.07, 6.45) is 0.938. The van der Waals surface area contributed by atoms with Gasteiger partial charge in [0.05, 0.1) is 12.3 Å². The first-order valence-electron chi connectivity index (χ1n) is 3.59. The topological polar surface area (TPSA) is 35.2 Å². The molecule has 0 saturated carbocycles. The first-order chi connectivity index (χ1) is 5.70. The Bertz CT molecular complexity index is 338. The van der Waals surface area contributed by atoms with Gasteiger partial charge in [-0.15, -0.1) is 0 Å². The van der Waals surface area contributed by atoms with Gasteiger partial charge in [-0.2, -0.15) is 0 Å². The van der Waals surface area contributed by atoms with Gasteiger partial charge in [-0.1, -0.05) is 0 Å². The number of hydrogen-bond donors (Lipinski definition) is 1. The van der Waals surface area contributed by atoms with E-state index in [0.29, 0.717) is 0 Å². The van der Waals surface area contributed by atoms with Crippen LogP contribution in [-0.4, -0.2) is 6.61 Å². The van der Waals surface area contributed by atoms with E-state index in [1.807, 2.05) is 6.07 Å². The van der Waals surface area contributed by atoms with Crippen LogP contribution in [0.3, 0.4) is 0 Å². The van der Waals surface area contributed by atoms with E-state index < -0.39 is 0 Å². The molecule has 0 unspecified atom stereocenters. The van der Waals surface area contributed by atoms with Crippen LogP contribution in [0.1, 0.15) is 5.56 Å². The largest absolute Gasteiger partial charge is 0.493 e. The van der Waals surface area contributed by atoms with Crippen molar-refractivity contribution in [1.29, 1.82) is 0 Å². The Morgan fingerprint density at radius 2 is 2.17 bits per heavy atom. The van der Waals surface area contributed by atoms with Crippen molar-refractivity contribution < 1.29 is 4.74 Å². The van der Waals surface area contributed by atoms with Crippen molar-refractivity contribution in [2.45, 2.75) is 6.42 Å². The molecule has 0 aromatic heterocycles. The zero-order valence-corrected chi connectivity index (χ0v) is 9.41. The van der Waals surface area contributed by atoms with Gasteiger partial charge in [0, 0.05) is 20.9 Å². The van der Waals surface area contributed by atoms with E-state index in [0.717, 1.165) is 33.4 Å². The second-order valence-corrected chi connectivity index (χ2v) is 4.31. The Morgan fingerprint density at radius 1 is 1.42 bits per heavy atom. The van der Waals surface area contributed by atoms with Crippen molar-refractivity contribution in [3.05, 3.63) is 20.6 Å². The normalized spacial score (nSPS) is 14.2. The van der Waals surface area contributed by atoms with Crippen molar-refractivity contribution in [1.82, 2.24) is 0 Å². The fourth-order valence-corrected chi connectivity index (χ4v) is 2.56. The van der Waals surface area contributed by atoms with Crippen LogP contribution in [0.4, 0.5) is 5.69 Å². The van der Waals surface area contributed by atoms with Gasteiger partial charge in [-0.25, -0.2) is 0 Å². The molecule has 1 aliphatic heterocycles. The number of nitrogen functional groups attached to an aromatic ring is 1. The Kier molecular flexibility index (Phi) is 2.04. The Labute approximate surface area is 87.3 Å². The van der Waals surface area contributed by atoms with E-state index in [-0.39, 0.29) is 0 Å². The van der Waals surface area contributed by atoms with Gasteiger partial charge in [0.15, 0.2) is 0 Å². The highest BCUT2D eigenvalue weighted by Crippen LogP contribution is 2.40. The minimum atomic E-state index is 0.749. The van der Waals surface area contributed by atoms with E-state index in [4.69, 9.17) is 10.5 Å². The molecule has 0 spiro atoms. The molecular weight excluding hydrogens is 286 g/mol. The number of rotatable bonds is 0. The third-order valence-corrected chi connectivity index (χ3v) is 3.49. The van der Waals surface area contributed by atoms with Gasteiger partial charge in [0.1, 0.15) is 5.75 Å². The van der Waals surface area contributed by atoms with Crippen LogP contribution < -0.4 is 10.5 Å². The summed E-state index contributed by atoms with van der Waals surface area (Å²) in [6.45, 7) is 0.754. The molecule has 0 fully saturated rings. The van der Waals surface area contributed by atoms with Crippen molar-refractivity contribution in [3.63, 3.8) is 0 Å². The molecule has 0 saturated heterocycles. The van der Waals surface area contributed by atoms with Gasteiger partial charge >= 0.3 is 0 Å². The monoisotopic (exact) mass is 291 g/mol. The number of hydrogen-bond acceptors (Lipinski definition) is 2. The van der Waals surface area contributed by atoms with E-state index >= 15 is 0 Å². The third kappa shape index (κ3) is 1.13. The zero-order valence-electron chi connectivity index (χ0n) is 6.23. The second-order valence-electron chi connectivity index (χ2n) is 2.66. The van der Waals surface area contributed by atoms with E-state index in [2.05, 4.69) is 31.9 Å². The quantitative estimate of drug-likeness (QED) is 0.746. The molecule has 4 heteroatoms. The van der Waals surface area contributed by atoms with Gasteiger partial charge in [0.2, 0.25) is 0 Å². The summed E-state index contributed by atoms with van der Waals surface area (Å²) in [5, 5.41) is 0. The fourth-order valence-electron chi connectivity index (χ4n) is 1.28. The molecule has 1 heterocycles. The summed E-state index contributed by atoms with van der Waals surface area (Å²) < 4.78 is 7.25. The number of halogens is 2. The lowest BCUT2D eigenvalue weighted by atomic mass is 10.1. The molecule has 0 amide bonds. The molecule has 1 aromatic rings. The van der Waals surface area contributed by atoms with Crippen LogP contribution >= 0.6 is 31.9 Å². The summed E-state index contributed by atoms with van der Waals surface area (Å²) in [4.78, 5) is 0. The summed E-state index contributed by atoms with van der Waals surface area (Å²) >= 11 is 6.81. The van der Waals surface area contributed by atoms with Crippen LogP contribution in [0, 0.1) is 0 Å². The lowest BCUT2D eigenvalue weighted by molar-refractivity contribution is 0.356. The van der Waals surface area contributed by atoms with Crippen LogP contribution in [0.15, 0.2) is 15.0 Å². The summed E-state index contributed by atoms with van der Waals surface area (Å²) in [5.41, 5.74) is 7.73. The van der Waals surface area contributed by atoms with Crippen molar-refractivity contribution in [3.8, 4) is 5.75 Å². The average molecular weight is 293 g/mol. The molecule has 12 heavy (non-hydrogen) atoms. The smallest absolute Gasteiger partial charge is 0.125 e. The molecule has 2 rings (SSSR count). The number of ether oxygens (including phenoxy) is 1. The molecule has 1 aromatic carbocycles. The van der Waals surface area contributed by atoms with E-state index in [9.17, 15) is 0 Å². The van der Waals surface area contributed by atoms with Gasteiger partial charge in [-0.3, -0.25) is 0 Å². The van der Waals surface area contributed by atoms with Crippen LogP contribution in [0.25, 0.3) is 0 Å². The zero-order chi connectivity index (χ0) is 8.72.